The van der Waals surface area contributed by atoms with Crippen LogP contribution in [-0.4, -0.2) is 71.9 Å². The molecule has 2 fully saturated rings. The van der Waals surface area contributed by atoms with E-state index in [1.807, 2.05) is 0 Å². The first-order valence-corrected chi connectivity index (χ1v) is 8.42. The first kappa shape index (κ1) is 16.0. The van der Waals surface area contributed by atoms with E-state index in [0.29, 0.717) is 0 Å². The molecule has 2 saturated heterocycles. The third-order valence-electron chi connectivity index (χ3n) is 4.78. The van der Waals surface area contributed by atoms with Crippen LogP contribution in [0.25, 0.3) is 0 Å². The van der Waals surface area contributed by atoms with Crippen LogP contribution in [0.4, 0.5) is 11.6 Å². The van der Waals surface area contributed by atoms with Gasteiger partial charge in [-0.05, 0) is 19.3 Å². The minimum Gasteiger partial charge on any atom is -0.394 e. The van der Waals surface area contributed by atoms with Gasteiger partial charge < -0.3 is 14.9 Å². The van der Waals surface area contributed by atoms with Crippen LogP contribution in [0.15, 0.2) is 12.4 Å². The number of piperazine rings is 1. The lowest BCUT2D eigenvalue weighted by molar-refractivity contribution is 0.239. The standard InChI is InChI=1S/C17H25N5O/c1-2-6-20-8-10-21(11-9-20)16-12-17(19-14-18-16)22-7-4-3-5-15(22)13-23/h1,12,14-15,23H,3-11,13H2. The van der Waals surface area contributed by atoms with E-state index in [2.05, 4.69) is 36.7 Å². The molecule has 3 rings (SSSR count). The molecule has 0 aromatic carbocycles. The Morgan fingerprint density at radius 2 is 1.91 bits per heavy atom. The Labute approximate surface area is 138 Å². The number of aromatic nitrogens is 2. The molecule has 124 valence electrons. The fourth-order valence-electron chi connectivity index (χ4n) is 3.42. The molecule has 1 atom stereocenters. The van der Waals surface area contributed by atoms with E-state index in [4.69, 9.17) is 6.42 Å². The molecule has 0 spiro atoms. The van der Waals surface area contributed by atoms with Crippen LogP contribution in [0.3, 0.4) is 0 Å². The van der Waals surface area contributed by atoms with Gasteiger partial charge in [0.05, 0.1) is 19.2 Å². The molecule has 6 heteroatoms. The van der Waals surface area contributed by atoms with E-state index < -0.39 is 0 Å². The van der Waals surface area contributed by atoms with Gasteiger partial charge in [0.1, 0.15) is 18.0 Å². The predicted octanol–water partition coefficient (Wildman–Crippen LogP) is 0.583. The first-order valence-electron chi connectivity index (χ1n) is 8.42. The van der Waals surface area contributed by atoms with E-state index in [-0.39, 0.29) is 12.6 Å². The monoisotopic (exact) mass is 315 g/mol. The maximum atomic E-state index is 9.60. The van der Waals surface area contributed by atoms with Gasteiger partial charge in [-0.2, -0.15) is 0 Å². The number of hydrogen-bond acceptors (Lipinski definition) is 6. The molecular formula is C17H25N5O. The molecule has 1 aromatic heterocycles. The molecule has 0 radical (unpaired) electrons. The number of aliphatic hydroxyl groups excluding tert-OH is 1. The maximum Gasteiger partial charge on any atom is 0.134 e. The second-order valence-electron chi connectivity index (χ2n) is 6.23. The van der Waals surface area contributed by atoms with Crippen molar-refractivity contribution in [3.8, 4) is 12.3 Å². The third-order valence-corrected chi connectivity index (χ3v) is 4.78. The zero-order valence-corrected chi connectivity index (χ0v) is 13.6. The van der Waals surface area contributed by atoms with Gasteiger partial charge in [0.25, 0.3) is 0 Å². The van der Waals surface area contributed by atoms with Gasteiger partial charge in [0.2, 0.25) is 0 Å². The summed E-state index contributed by atoms with van der Waals surface area (Å²) in [5, 5.41) is 9.60. The molecular weight excluding hydrogens is 290 g/mol. The van der Waals surface area contributed by atoms with Crippen LogP contribution >= 0.6 is 0 Å². The number of rotatable bonds is 4. The number of piperidine rings is 1. The number of nitrogens with zero attached hydrogens (tertiary/aromatic N) is 5. The van der Waals surface area contributed by atoms with E-state index in [9.17, 15) is 5.11 Å². The SMILES string of the molecule is C#CCN1CCN(c2cc(N3CCCCC3CO)ncn2)CC1. The van der Waals surface area contributed by atoms with Crippen molar-refractivity contribution in [1.29, 1.82) is 0 Å². The summed E-state index contributed by atoms with van der Waals surface area (Å²) in [5.74, 6) is 4.61. The lowest BCUT2D eigenvalue weighted by Gasteiger charge is -2.37. The molecule has 0 amide bonds. The molecule has 6 nitrogen and oxygen atoms in total. The highest BCUT2D eigenvalue weighted by atomic mass is 16.3. The number of hydrogen-bond donors (Lipinski definition) is 1. The zero-order valence-electron chi connectivity index (χ0n) is 13.6. The average Bonchev–Trinajstić information content (AvgIpc) is 2.63. The van der Waals surface area contributed by atoms with Gasteiger partial charge in [-0.15, -0.1) is 6.42 Å². The van der Waals surface area contributed by atoms with Gasteiger partial charge in [0, 0.05) is 38.8 Å². The van der Waals surface area contributed by atoms with Crippen LogP contribution < -0.4 is 9.80 Å². The van der Waals surface area contributed by atoms with E-state index >= 15 is 0 Å². The summed E-state index contributed by atoms with van der Waals surface area (Å²) in [7, 11) is 0. The average molecular weight is 315 g/mol. The van der Waals surface area contributed by atoms with Gasteiger partial charge in [0.15, 0.2) is 0 Å². The topological polar surface area (TPSA) is 55.7 Å². The summed E-state index contributed by atoms with van der Waals surface area (Å²) >= 11 is 0. The fraction of sp³-hybridized carbons (Fsp3) is 0.647. The molecule has 2 aliphatic rings. The molecule has 1 unspecified atom stereocenters. The zero-order chi connectivity index (χ0) is 16.1. The Morgan fingerprint density at radius 1 is 1.13 bits per heavy atom. The quantitative estimate of drug-likeness (QED) is 0.821. The largest absolute Gasteiger partial charge is 0.394 e. The number of anilines is 2. The normalized spacial score (nSPS) is 22.9. The first-order chi connectivity index (χ1) is 11.3. The highest BCUT2D eigenvalue weighted by Crippen LogP contribution is 2.25. The van der Waals surface area contributed by atoms with Crippen molar-refractivity contribution in [3.05, 3.63) is 12.4 Å². The minimum atomic E-state index is 0.180. The van der Waals surface area contributed by atoms with Crippen molar-refractivity contribution < 1.29 is 5.11 Å². The van der Waals surface area contributed by atoms with Crippen LogP contribution in [-0.2, 0) is 0 Å². The number of terminal acetylenes is 1. The smallest absolute Gasteiger partial charge is 0.134 e. The highest BCUT2D eigenvalue weighted by molar-refractivity contribution is 5.51. The second kappa shape index (κ2) is 7.62. The maximum absolute atomic E-state index is 9.60. The summed E-state index contributed by atoms with van der Waals surface area (Å²) in [6, 6.07) is 2.24. The molecule has 0 saturated carbocycles. The second-order valence-corrected chi connectivity index (χ2v) is 6.23. The van der Waals surface area contributed by atoms with Gasteiger partial charge in [-0.1, -0.05) is 5.92 Å². The summed E-state index contributed by atoms with van der Waals surface area (Å²) in [6.07, 6.45) is 10.4. The molecule has 0 aliphatic carbocycles. The van der Waals surface area contributed by atoms with Crippen molar-refractivity contribution in [3.63, 3.8) is 0 Å². The van der Waals surface area contributed by atoms with Crippen LogP contribution in [0, 0.1) is 12.3 Å². The summed E-state index contributed by atoms with van der Waals surface area (Å²) in [4.78, 5) is 15.7. The minimum absolute atomic E-state index is 0.180. The summed E-state index contributed by atoms with van der Waals surface area (Å²) < 4.78 is 0. The van der Waals surface area contributed by atoms with Crippen molar-refractivity contribution in [1.82, 2.24) is 14.9 Å². The van der Waals surface area contributed by atoms with E-state index in [1.165, 1.54) is 6.42 Å². The van der Waals surface area contributed by atoms with Crippen molar-refractivity contribution in [2.45, 2.75) is 25.3 Å². The lowest BCUT2D eigenvalue weighted by atomic mass is 10.0. The van der Waals surface area contributed by atoms with Crippen molar-refractivity contribution >= 4 is 11.6 Å². The third kappa shape index (κ3) is 3.74. The molecule has 3 heterocycles. The Hall–Kier alpha value is -1.84. The Balaban J connectivity index is 1.69. The van der Waals surface area contributed by atoms with E-state index in [1.54, 1.807) is 6.33 Å². The van der Waals surface area contributed by atoms with Crippen molar-refractivity contribution in [2.75, 3.05) is 55.7 Å². The number of aliphatic hydroxyl groups is 1. The van der Waals surface area contributed by atoms with E-state index in [0.717, 1.165) is 63.7 Å². The van der Waals surface area contributed by atoms with Gasteiger partial charge in [-0.25, -0.2) is 9.97 Å². The molecule has 2 aliphatic heterocycles. The lowest BCUT2D eigenvalue weighted by Crippen LogP contribution is -2.47. The van der Waals surface area contributed by atoms with Crippen LogP contribution in [0.5, 0.6) is 0 Å². The molecule has 1 N–H and O–H groups in total. The Bertz CT molecular complexity index is 550. The molecule has 1 aromatic rings. The van der Waals surface area contributed by atoms with Gasteiger partial charge >= 0.3 is 0 Å². The Morgan fingerprint density at radius 3 is 2.65 bits per heavy atom. The fourth-order valence-corrected chi connectivity index (χ4v) is 3.42. The van der Waals surface area contributed by atoms with Crippen LogP contribution in [0.2, 0.25) is 0 Å². The summed E-state index contributed by atoms with van der Waals surface area (Å²) in [5.41, 5.74) is 0. The highest BCUT2D eigenvalue weighted by Gasteiger charge is 2.24. The molecule has 0 bridgehead atoms. The summed E-state index contributed by atoms with van der Waals surface area (Å²) in [6.45, 7) is 5.65. The van der Waals surface area contributed by atoms with Crippen molar-refractivity contribution in [2.24, 2.45) is 0 Å². The Kier molecular flexibility index (Phi) is 5.31. The predicted molar refractivity (Wildman–Crippen MR) is 91.6 cm³/mol. The molecule has 23 heavy (non-hydrogen) atoms. The van der Waals surface area contributed by atoms with Gasteiger partial charge in [-0.3, -0.25) is 4.90 Å². The van der Waals surface area contributed by atoms with Crippen LogP contribution in [0.1, 0.15) is 19.3 Å².